The molecule has 1 amide bonds. The van der Waals surface area contributed by atoms with Gasteiger partial charge in [-0.3, -0.25) is 9.69 Å². The first-order valence-corrected chi connectivity index (χ1v) is 7.37. The van der Waals surface area contributed by atoms with Crippen molar-refractivity contribution in [1.82, 2.24) is 10.2 Å². The summed E-state index contributed by atoms with van der Waals surface area (Å²) in [6.07, 6.45) is 8.42. The molecule has 0 aromatic carbocycles. The molecule has 2 aliphatic rings. The minimum atomic E-state index is 0.188. The molecule has 0 aliphatic heterocycles. The Morgan fingerprint density at radius 2 is 1.94 bits per heavy atom. The van der Waals surface area contributed by atoms with Gasteiger partial charge in [0.05, 0.1) is 6.54 Å². The standard InChI is InChI=1S/C14H27N3O/c1-17(9-11-7-12(15)8-11)10-14(18)16-13-5-3-2-4-6-13/h11-13H,2-10,15H2,1H3,(H,16,18). The van der Waals surface area contributed by atoms with Crippen molar-refractivity contribution in [2.75, 3.05) is 20.1 Å². The van der Waals surface area contributed by atoms with Gasteiger partial charge in [0, 0.05) is 18.6 Å². The molecule has 4 nitrogen and oxygen atoms in total. The van der Waals surface area contributed by atoms with E-state index in [1.807, 2.05) is 7.05 Å². The maximum atomic E-state index is 11.9. The van der Waals surface area contributed by atoms with Crippen LogP contribution in [0.15, 0.2) is 0 Å². The number of carbonyl (C=O) groups excluding carboxylic acids is 1. The lowest BCUT2D eigenvalue weighted by molar-refractivity contribution is -0.123. The lowest BCUT2D eigenvalue weighted by Crippen LogP contribution is -2.46. The zero-order valence-corrected chi connectivity index (χ0v) is 11.5. The summed E-state index contributed by atoms with van der Waals surface area (Å²) in [4.78, 5) is 14.0. The fraction of sp³-hybridized carbons (Fsp3) is 0.929. The van der Waals surface area contributed by atoms with E-state index >= 15 is 0 Å². The summed E-state index contributed by atoms with van der Waals surface area (Å²) < 4.78 is 0. The maximum Gasteiger partial charge on any atom is 0.234 e. The fourth-order valence-corrected chi connectivity index (χ4v) is 3.21. The minimum absolute atomic E-state index is 0.188. The molecule has 2 aliphatic carbocycles. The average Bonchev–Trinajstić information content (AvgIpc) is 2.28. The molecule has 0 saturated heterocycles. The van der Waals surface area contributed by atoms with Crippen LogP contribution in [0, 0.1) is 5.92 Å². The van der Waals surface area contributed by atoms with E-state index in [2.05, 4.69) is 10.2 Å². The van der Waals surface area contributed by atoms with Gasteiger partial charge in [-0.05, 0) is 38.6 Å². The van der Waals surface area contributed by atoms with Crippen LogP contribution in [0.4, 0.5) is 0 Å². The van der Waals surface area contributed by atoms with Gasteiger partial charge in [0.1, 0.15) is 0 Å². The van der Waals surface area contributed by atoms with Crippen LogP contribution in [0.5, 0.6) is 0 Å². The van der Waals surface area contributed by atoms with Gasteiger partial charge < -0.3 is 11.1 Å². The summed E-state index contributed by atoms with van der Waals surface area (Å²) in [5.41, 5.74) is 5.77. The molecule has 2 fully saturated rings. The van der Waals surface area contributed by atoms with Crippen LogP contribution in [-0.2, 0) is 4.79 Å². The topological polar surface area (TPSA) is 58.4 Å². The molecule has 0 aromatic rings. The molecule has 4 heteroatoms. The van der Waals surface area contributed by atoms with E-state index in [1.165, 1.54) is 19.3 Å². The smallest absolute Gasteiger partial charge is 0.234 e. The molecular weight excluding hydrogens is 226 g/mol. The molecule has 18 heavy (non-hydrogen) atoms. The van der Waals surface area contributed by atoms with Crippen molar-refractivity contribution in [2.24, 2.45) is 11.7 Å². The third kappa shape index (κ3) is 4.25. The van der Waals surface area contributed by atoms with E-state index in [-0.39, 0.29) is 5.91 Å². The van der Waals surface area contributed by atoms with Gasteiger partial charge in [0.25, 0.3) is 0 Å². The number of hydrogen-bond acceptors (Lipinski definition) is 3. The average molecular weight is 253 g/mol. The Balaban J connectivity index is 1.60. The summed E-state index contributed by atoms with van der Waals surface area (Å²) in [6, 6.07) is 0.830. The Hall–Kier alpha value is -0.610. The SMILES string of the molecule is CN(CC(=O)NC1CCCCC1)CC1CC(N)C1. The molecular formula is C14H27N3O. The molecule has 104 valence electrons. The van der Waals surface area contributed by atoms with E-state index in [1.54, 1.807) is 0 Å². The first kappa shape index (κ1) is 13.8. The van der Waals surface area contributed by atoms with E-state index in [0.29, 0.717) is 24.5 Å². The van der Waals surface area contributed by atoms with E-state index in [9.17, 15) is 4.79 Å². The third-order valence-electron chi connectivity index (χ3n) is 4.23. The van der Waals surface area contributed by atoms with Gasteiger partial charge >= 0.3 is 0 Å². The number of carbonyl (C=O) groups is 1. The highest BCUT2D eigenvalue weighted by Gasteiger charge is 2.27. The van der Waals surface area contributed by atoms with Crippen LogP contribution in [-0.4, -0.2) is 43.0 Å². The summed E-state index contributed by atoms with van der Waals surface area (Å²) >= 11 is 0. The lowest BCUT2D eigenvalue weighted by atomic mass is 9.80. The molecule has 0 spiro atoms. The molecule has 0 atom stereocenters. The third-order valence-corrected chi connectivity index (χ3v) is 4.23. The number of amides is 1. The highest BCUT2D eigenvalue weighted by molar-refractivity contribution is 5.78. The van der Waals surface area contributed by atoms with Gasteiger partial charge in [-0.15, -0.1) is 0 Å². The Morgan fingerprint density at radius 1 is 1.28 bits per heavy atom. The number of hydrogen-bond donors (Lipinski definition) is 2. The van der Waals surface area contributed by atoms with Crippen LogP contribution in [0.25, 0.3) is 0 Å². The highest BCUT2D eigenvalue weighted by Crippen LogP contribution is 2.25. The van der Waals surface area contributed by atoms with Crippen molar-refractivity contribution in [1.29, 1.82) is 0 Å². The summed E-state index contributed by atoms with van der Waals surface area (Å²) in [6.45, 7) is 1.54. The van der Waals surface area contributed by atoms with Crippen LogP contribution in [0.1, 0.15) is 44.9 Å². The van der Waals surface area contributed by atoms with Crippen molar-refractivity contribution in [3.05, 3.63) is 0 Å². The molecule has 0 radical (unpaired) electrons. The number of nitrogens with two attached hydrogens (primary N) is 1. The summed E-state index contributed by atoms with van der Waals surface area (Å²) in [7, 11) is 2.03. The molecule has 0 bridgehead atoms. The van der Waals surface area contributed by atoms with Crippen molar-refractivity contribution < 1.29 is 4.79 Å². The number of rotatable bonds is 5. The first-order valence-electron chi connectivity index (χ1n) is 7.37. The van der Waals surface area contributed by atoms with Gasteiger partial charge in [-0.1, -0.05) is 19.3 Å². The second-order valence-corrected chi connectivity index (χ2v) is 6.20. The minimum Gasteiger partial charge on any atom is -0.352 e. The Morgan fingerprint density at radius 3 is 2.56 bits per heavy atom. The normalized spacial score (nSPS) is 29.1. The van der Waals surface area contributed by atoms with Crippen molar-refractivity contribution in [3.63, 3.8) is 0 Å². The van der Waals surface area contributed by atoms with Gasteiger partial charge in [0.15, 0.2) is 0 Å². The van der Waals surface area contributed by atoms with Gasteiger partial charge in [-0.25, -0.2) is 0 Å². The summed E-state index contributed by atoms with van der Waals surface area (Å²) in [5, 5.41) is 3.16. The van der Waals surface area contributed by atoms with E-state index in [0.717, 1.165) is 32.2 Å². The molecule has 0 unspecified atom stereocenters. The van der Waals surface area contributed by atoms with Crippen LogP contribution < -0.4 is 11.1 Å². The van der Waals surface area contributed by atoms with Gasteiger partial charge in [0.2, 0.25) is 5.91 Å². The second-order valence-electron chi connectivity index (χ2n) is 6.20. The fourth-order valence-electron chi connectivity index (χ4n) is 3.21. The van der Waals surface area contributed by atoms with Crippen molar-refractivity contribution in [2.45, 2.75) is 57.0 Å². The molecule has 3 N–H and O–H groups in total. The quantitative estimate of drug-likeness (QED) is 0.771. The largest absolute Gasteiger partial charge is 0.352 e. The highest BCUT2D eigenvalue weighted by atomic mass is 16.2. The summed E-state index contributed by atoms with van der Waals surface area (Å²) in [5.74, 6) is 0.889. The Labute approximate surface area is 110 Å². The van der Waals surface area contributed by atoms with Crippen LogP contribution in [0.3, 0.4) is 0 Å². The Kier molecular flexibility index (Phi) is 5.01. The molecule has 0 heterocycles. The first-order chi connectivity index (χ1) is 8.63. The predicted molar refractivity (Wildman–Crippen MR) is 73.2 cm³/mol. The Bertz CT molecular complexity index is 270. The number of nitrogens with zero attached hydrogens (tertiary/aromatic N) is 1. The molecule has 0 aromatic heterocycles. The van der Waals surface area contributed by atoms with E-state index in [4.69, 9.17) is 5.73 Å². The molecule has 2 rings (SSSR count). The van der Waals surface area contributed by atoms with E-state index < -0.39 is 0 Å². The number of likely N-dealkylation sites (N-methyl/N-ethyl adjacent to an activating group) is 1. The maximum absolute atomic E-state index is 11.9. The predicted octanol–water partition coefficient (Wildman–Crippen LogP) is 1.10. The van der Waals surface area contributed by atoms with Crippen LogP contribution in [0.2, 0.25) is 0 Å². The van der Waals surface area contributed by atoms with Gasteiger partial charge in [-0.2, -0.15) is 0 Å². The molecule has 2 saturated carbocycles. The van der Waals surface area contributed by atoms with Crippen molar-refractivity contribution >= 4 is 5.91 Å². The van der Waals surface area contributed by atoms with Crippen molar-refractivity contribution in [3.8, 4) is 0 Å². The zero-order chi connectivity index (χ0) is 13.0. The monoisotopic (exact) mass is 253 g/mol. The zero-order valence-electron chi connectivity index (χ0n) is 11.5. The number of nitrogens with one attached hydrogen (secondary N) is 1. The second kappa shape index (κ2) is 6.53. The van der Waals surface area contributed by atoms with Crippen LogP contribution >= 0.6 is 0 Å². The lowest BCUT2D eigenvalue weighted by Gasteiger charge is -2.35.